The number of halogens is 1. The number of nitrogens with one attached hydrogen (secondary N) is 1. The molecule has 8 nitrogen and oxygen atoms in total. The van der Waals surface area contributed by atoms with Crippen molar-refractivity contribution in [2.75, 3.05) is 21.1 Å². The van der Waals surface area contributed by atoms with Crippen molar-refractivity contribution in [2.24, 2.45) is 12.0 Å². The number of ether oxygens (including phenoxy) is 1. The molecule has 1 saturated carbocycles. The van der Waals surface area contributed by atoms with Crippen LogP contribution in [-0.4, -0.2) is 58.4 Å². The molecule has 36 heavy (non-hydrogen) atoms. The average molecular weight is 494 g/mol. The summed E-state index contributed by atoms with van der Waals surface area (Å²) in [4.78, 5) is 6.12. The Morgan fingerprint density at radius 1 is 1.31 bits per heavy atom. The molecule has 9 heteroatoms. The molecule has 1 fully saturated rings. The van der Waals surface area contributed by atoms with E-state index in [2.05, 4.69) is 33.7 Å². The second-order valence-corrected chi connectivity index (χ2v) is 9.68. The third-order valence-electron chi connectivity index (χ3n) is 6.66. The molecule has 2 aromatic heterocycles. The predicted octanol–water partition coefficient (Wildman–Crippen LogP) is 4.57. The van der Waals surface area contributed by atoms with Gasteiger partial charge < -0.3 is 15.0 Å². The van der Waals surface area contributed by atoms with Gasteiger partial charge in [-0.2, -0.15) is 10.2 Å². The number of aryl methyl sites for hydroxylation is 1. The minimum atomic E-state index is -0.239. The summed E-state index contributed by atoms with van der Waals surface area (Å²) in [6.45, 7) is 6.40. The summed E-state index contributed by atoms with van der Waals surface area (Å²) in [5.74, 6) is 1.22. The first-order valence-electron chi connectivity index (χ1n) is 12.3. The predicted molar refractivity (Wildman–Crippen MR) is 141 cm³/mol. The van der Waals surface area contributed by atoms with Crippen LogP contribution in [0.3, 0.4) is 0 Å². The van der Waals surface area contributed by atoms with Crippen molar-refractivity contribution >= 4 is 12.8 Å². The maximum atomic E-state index is 13.8. The van der Waals surface area contributed by atoms with Crippen molar-refractivity contribution in [1.29, 1.82) is 0 Å². The van der Waals surface area contributed by atoms with Gasteiger partial charge in [0, 0.05) is 49.6 Å². The van der Waals surface area contributed by atoms with Gasteiger partial charge in [-0.3, -0.25) is 9.36 Å². The normalized spacial score (nSPS) is 18.5. The van der Waals surface area contributed by atoms with Gasteiger partial charge >= 0.3 is 0 Å². The first kappa shape index (κ1) is 25.6. The second kappa shape index (κ2) is 11.1. The monoisotopic (exact) mass is 493 g/mol. The Balaban J connectivity index is 1.56. The van der Waals surface area contributed by atoms with Gasteiger partial charge in [0.05, 0.1) is 29.7 Å². The van der Waals surface area contributed by atoms with Crippen molar-refractivity contribution in [3.63, 3.8) is 0 Å². The third kappa shape index (κ3) is 5.67. The molecule has 2 heterocycles. The fourth-order valence-corrected chi connectivity index (χ4v) is 4.84. The Morgan fingerprint density at radius 2 is 2.06 bits per heavy atom. The molecule has 0 atom stereocenters. The molecular formula is C27H36FN7O. The first-order chi connectivity index (χ1) is 17.3. The van der Waals surface area contributed by atoms with Gasteiger partial charge in [0.2, 0.25) is 0 Å². The van der Waals surface area contributed by atoms with Gasteiger partial charge in [-0.25, -0.2) is 9.38 Å². The van der Waals surface area contributed by atoms with Crippen molar-refractivity contribution in [1.82, 2.24) is 29.8 Å². The van der Waals surface area contributed by atoms with Gasteiger partial charge in [0.1, 0.15) is 17.4 Å². The van der Waals surface area contributed by atoms with Crippen LogP contribution in [0.25, 0.3) is 17.3 Å². The maximum absolute atomic E-state index is 13.8. The van der Waals surface area contributed by atoms with E-state index < -0.39 is 0 Å². The van der Waals surface area contributed by atoms with E-state index in [0.717, 1.165) is 59.5 Å². The minimum absolute atomic E-state index is 0.0868. The third-order valence-corrected chi connectivity index (χ3v) is 6.66. The fraction of sp³-hybridized carbons (Fsp3) is 0.444. The van der Waals surface area contributed by atoms with Crippen molar-refractivity contribution in [3.8, 4) is 17.0 Å². The topological polar surface area (TPSA) is 72.5 Å². The van der Waals surface area contributed by atoms with E-state index in [9.17, 15) is 4.39 Å². The highest BCUT2D eigenvalue weighted by atomic mass is 19.1. The van der Waals surface area contributed by atoms with Crippen molar-refractivity contribution in [2.45, 2.75) is 51.3 Å². The lowest BCUT2D eigenvalue weighted by molar-refractivity contribution is 0.127. The van der Waals surface area contributed by atoms with E-state index >= 15 is 0 Å². The molecule has 1 aromatic carbocycles. The summed E-state index contributed by atoms with van der Waals surface area (Å²) >= 11 is 0. The van der Waals surface area contributed by atoms with Crippen LogP contribution in [0.1, 0.15) is 48.5 Å². The lowest BCUT2D eigenvalue weighted by Gasteiger charge is -2.30. The Morgan fingerprint density at radius 3 is 2.67 bits per heavy atom. The number of aromatic nitrogens is 4. The molecule has 0 aliphatic heterocycles. The van der Waals surface area contributed by atoms with Crippen LogP contribution in [0, 0.1) is 12.7 Å². The molecule has 4 rings (SSSR count). The SMILES string of the molecule is C=N/C(=C\c1c(C)c(-c2cnn(C)c2)nn1C1CCC(Oc2ccc(F)cc2CN(C)C)CC1)NC. The molecule has 0 saturated heterocycles. The highest BCUT2D eigenvalue weighted by Gasteiger charge is 2.28. The zero-order valence-corrected chi connectivity index (χ0v) is 21.8. The number of nitrogens with zero attached hydrogens (tertiary/aromatic N) is 6. The summed E-state index contributed by atoms with van der Waals surface area (Å²) in [7, 11) is 7.68. The largest absolute Gasteiger partial charge is 0.490 e. The summed E-state index contributed by atoms with van der Waals surface area (Å²) in [6, 6.07) is 5.02. The summed E-state index contributed by atoms with van der Waals surface area (Å²) in [6.07, 6.45) is 9.57. The Kier molecular flexibility index (Phi) is 7.88. The number of benzene rings is 1. The lowest BCUT2D eigenvalue weighted by atomic mass is 9.92. The van der Waals surface area contributed by atoms with Gasteiger partial charge in [0.15, 0.2) is 0 Å². The number of rotatable bonds is 9. The van der Waals surface area contributed by atoms with Gasteiger partial charge in [-0.1, -0.05) is 0 Å². The molecular weight excluding hydrogens is 457 g/mol. The maximum Gasteiger partial charge on any atom is 0.127 e. The van der Waals surface area contributed by atoms with Crippen LogP contribution in [0.15, 0.2) is 41.4 Å². The number of hydrogen-bond acceptors (Lipinski definition) is 6. The second-order valence-electron chi connectivity index (χ2n) is 9.68. The summed E-state index contributed by atoms with van der Waals surface area (Å²) < 4.78 is 24.1. The van der Waals surface area contributed by atoms with Crippen LogP contribution >= 0.6 is 0 Å². The molecule has 0 amide bonds. The van der Waals surface area contributed by atoms with E-state index in [-0.39, 0.29) is 18.0 Å². The summed E-state index contributed by atoms with van der Waals surface area (Å²) in [5.41, 5.74) is 4.88. The molecule has 1 aliphatic rings. The standard InChI is InChI=1S/C27H36FN7O/c1-18-24(14-26(29-2)30-3)35(32-27(18)20-15-31-34(6)17-20)22-8-10-23(11-9-22)36-25-12-7-21(28)13-19(25)16-33(4)5/h7,12-15,17,22-23,30H,2,8-11,16H2,1,3-6H3/b26-14+. The van der Waals surface area contributed by atoms with Crippen molar-refractivity contribution < 1.29 is 9.13 Å². The Labute approximate surface area is 212 Å². The van der Waals surface area contributed by atoms with Crippen LogP contribution in [-0.2, 0) is 13.6 Å². The van der Waals surface area contributed by atoms with E-state index in [1.807, 2.05) is 51.6 Å². The molecule has 192 valence electrons. The number of hydrogen-bond donors (Lipinski definition) is 1. The lowest BCUT2D eigenvalue weighted by Crippen LogP contribution is -2.27. The zero-order chi connectivity index (χ0) is 25.8. The smallest absolute Gasteiger partial charge is 0.127 e. The zero-order valence-electron chi connectivity index (χ0n) is 21.8. The molecule has 0 bridgehead atoms. The Hall–Kier alpha value is -3.46. The van der Waals surface area contributed by atoms with Crippen LogP contribution in [0.4, 0.5) is 4.39 Å². The van der Waals surface area contributed by atoms with E-state index in [0.29, 0.717) is 12.4 Å². The van der Waals surface area contributed by atoms with E-state index in [4.69, 9.17) is 9.84 Å². The molecule has 1 N–H and O–H groups in total. The molecule has 1 aliphatic carbocycles. The highest BCUT2D eigenvalue weighted by Crippen LogP contribution is 2.36. The summed E-state index contributed by atoms with van der Waals surface area (Å²) in [5, 5.41) is 12.5. The van der Waals surface area contributed by atoms with E-state index in [1.54, 1.807) is 16.8 Å². The average Bonchev–Trinajstić information content (AvgIpc) is 3.42. The molecule has 3 aromatic rings. The highest BCUT2D eigenvalue weighted by molar-refractivity contribution is 5.68. The van der Waals surface area contributed by atoms with Crippen LogP contribution in [0.5, 0.6) is 5.75 Å². The fourth-order valence-electron chi connectivity index (χ4n) is 4.84. The molecule has 0 radical (unpaired) electrons. The van der Waals surface area contributed by atoms with Crippen LogP contribution < -0.4 is 10.1 Å². The van der Waals surface area contributed by atoms with E-state index in [1.165, 1.54) is 6.07 Å². The number of aliphatic imine (C=N–C) groups is 1. The van der Waals surface area contributed by atoms with Gasteiger partial charge in [0.25, 0.3) is 0 Å². The minimum Gasteiger partial charge on any atom is -0.490 e. The van der Waals surface area contributed by atoms with Crippen LogP contribution in [0.2, 0.25) is 0 Å². The first-order valence-corrected chi connectivity index (χ1v) is 12.3. The quantitative estimate of drug-likeness (QED) is 0.442. The van der Waals surface area contributed by atoms with Gasteiger partial charge in [-0.05, 0) is 71.6 Å². The Bertz CT molecular complexity index is 1230. The van der Waals surface area contributed by atoms with Gasteiger partial charge in [-0.15, -0.1) is 0 Å². The van der Waals surface area contributed by atoms with Crippen molar-refractivity contribution in [3.05, 3.63) is 59.1 Å². The molecule has 0 unspecified atom stereocenters. The molecule has 0 spiro atoms.